The summed E-state index contributed by atoms with van der Waals surface area (Å²) >= 11 is 0. The van der Waals surface area contributed by atoms with Gasteiger partial charge in [-0.1, -0.05) is 30.3 Å². The van der Waals surface area contributed by atoms with E-state index in [1.165, 1.54) is 16.8 Å². The molecule has 0 saturated carbocycles. The van der Waals surface area contributed by atoms with Gasteiger partial charge in [0.2, 0.25) is 5.91 Å². The fourth-order valence-electron chi connectivity index (χ4n) is 3.49. The van der Waals surface area contributed by atoms with Gasteiger partial charge in [-0.15, -0.1) is 0 Å². The number of hydrogen-bond donors (Lipinski definition) is 1. The molecule has 0 aliphatic heterocycles. The van der Waals surface area contributed by atoms with Crippen molar-refractivity contribution in [2.24, 2.45) is 7.05 Å². The third-order valence-corrected chi connectivity index (χ3v) is 4.93. The van der Waals surface area contributed by atoms with Gasteiger partial charge in [-0.2, -0.15) is 5.10 Å². The van der Waals surface area contributed by atoms with E-state index >= 15 is 0 Å². The number of rotatable bonds is 4. The van der Waals surface area contributed by atoms with Crippen molar-refractivity contribution < 1.29 is 9.18 Å². The first-order valence-corrected chi connectivity index (χ1v) is 8.94. The van der Waals surface area contributed by atoms with Gasteiger partial charge in [0.25, 0.3) is 5.56 Å². The molecule has 1 atom stereocenters. The molecule has 4 rings (SSSR count). The summed E-state index contributed by atoms with van der Waals surface area (Å²) in [6.07, 6.45) is 1.65. The van der Waals surface area contributed by atoms with Crippen LogP contribution in [0, 0.1) is 5.82 Å². The summed E-state index contributed by atoms with van der Waals surface area (Å²) in [7, 11) is 1.58. The molecule has 0 aliphatic rings. The Hall–Kier alpha value is -3.48. The molecule has 0 spiro atoms. The van der Waals surface area contributed by atoms with Gasteiger partial charge in [0.05, 0.1) is 11.7 Å². The first-order chi connectivity index (χ1) is 13.5. The quantitative estimate of drug-likeness (QED) is 0.594. The molecule has 0 radical (unpaired) electrons. The minimum atomic E-state index is -0.633. The van der Waals surface area contributed by atoms with Crippen LogP contribution in [0.3, 0.4) is 0 Å². The molecule has 0 fully saturated rings. The zero-order chi connectivity index (χ0) is 19.8. The number of aromatic nitrogens is 3. The van der Waals surface area contributed by atoms with Crippen molar-refractivity contribution in [3.63, 3.8) is 0 Å². The molecule has 1 N–H and O–H groups in total. The summed E-state index contributed by atoms with van der Waals surface area (Å²) in [5, 5.41) is 8.52. The lowest BCUT2D eigenvalue weighted by Crippen LogP contribution is -2.32. The summed E-state index contributed by atoms with van der Waals surface area (Å²) in [4.78, 5) is 25.6. The number of nitrogens with zero attached hydrogens (tertiary/aromatic N) is 3. The van der Waals surface area contributed by atoms with Crippen molar-refractivity contribution in [3.8, 4) is 0 Å². The van der Waals surface area contributed by atoms with Crippen LogP contribution in [0.2, 0.25) is 0 Å². The summed E-state index contributed by atoms with van der Waals surface area (Å²) in [5.74, 6) is -0.607. The SMILES string of the molecule is CC(C(=O)NCc1cccc(F)c1)n1c2ccccc2c2cnn(C)c(=O)c21. The number of carbonyl (C=O) groups is 1. The highest BCUT2D eigenvalue weighted by Crippen LogP contribution is 2.29. The molecular formula is C21H19FN4O2. The fraction of sp³-hybridized carbons (Fsp3) is 0.190. The van der Waals surface area contributed by atoms with E-state index in [0.29, 0.717) is 16.5 Å². The van der Waals surface area contributed by atoms with Gasteiger partial charge in [-0.3, -0.25) is 9.59 Å². The third kappa shape index (κ3) is 2.94. The molecule has 1 amide bonds. The molecule has 2 aromatic carbocycles. The molecule has 4 aromatic rings. The summed E-state index contributed by atoms with van der Waals surface area (Å²) in [6, 6.07) is 13.0. The maximum Gasteiger partial charge on any atom is 0.291 e. The zero-order valence-corrected chi connectivity index (χ0v) is 15.5. The normalized spacial score (nSPS) is 12.4. The van der Waals surface area contributed by atoms with Crippen molar-refractivity contribution in [1.29, 1.82) is 0 Å². The van der Waals surface area contributed by atoms with Crippen molar-refractivity contribution in [2.75, 3.05) is 0 Å². The van der Waals surface area contributed by atoms with E-state index in [9.17, 15) is 14.0 Å². The van der Waals surface area contributed by atoms with Gasteiger partial charge in [-0.05, 0) is 30.7 Å². The average molecular weight is 378 g/mol. The Morgan fingerprint density at radius 1 is 1.18 bits per heavy atom. The smallest absolute Gasteiger partial charge is 0.291 e. The molecule has 0 aliphatic carbocycles. The maximum absolute atomic E-state index is 13.3. The van der Waals surface area contributed by atoms with Crippen molar-refractivity contribution in [3.05, 3.63) is 76.5 Å². The lowest BCUT2D eigenvalue weighted by molar-refractivity contribution is -0.123. The van der Waals surface area contributed by atoms with Crippen LogP contribution in [0.15, 0.2) is 59.5 Å². The number of aryl methyl sites for hydroxylation is 1. The summed E-state index contributed by atoms with van der Waals surface area (Å²) < 4.78 is 16.3. The van der Waals surface area contributed by atoms with Crippen LogP contribution in [0.5, 0.6) is 0 Å². The first kappa shape index (κ1) is 17.9. The Morgan fingerprint density at radius 2 is 1.96 bits per heavy atom. The predicted octanol–water partition coefficient (Wildman–Crippen LogP) is 2.90. The minimum absolute atomic E-state index is 0.206. The number of para-hydroxylation sites is 1. The number of nitrogens with one attached hydrogen (secondary N) is 1. The van der Waals surface area contributed by atoms with E-state index in [0.717, 1.165) is 10.9 Å². The van der Waals surface area contributed by atoms with Crippen LogP contribution < -0.4 is 10.9 Å². The van der Waals surface area contributed by atoms with Crippen LogP contribution in [0.25, 0.3) is 21.8 Å². The van der Waals surface area contributed by atoms with E-state index in [4.69, 9.17) is 0 Å². The maximum atomic E-state index is 13.3. The Morgan fingerprint density at radius 3 is 2.75 bits per heavy atom. The van der Waals surface area contributed by atoms with Gasteiger partial charge in [-0.25, -0.2) is 9.07 Å². The lowest BCUT2D eigenvalue weighted by Gasteiger charge is -2.16. The van der Waals surface area contributed by atoms with Gasteiger partial charge in [0.15, 0.2) is 0 Å². The van der Waals surface area contributed by atoms with Gasteiger partial charge >= 0.3 is 0 Å². The Bertz CT molecular complexity index is 1260. The standard InChI is InChI=1S/C21H19FN4O2/c1-13(20(27)23-11-14-6-5-7-15(22)10-14)26-18-9-4-3-8-16(18)17-12-24-25(2)21(28)19(17)26/h3-10,12-13H,11H2,1-2H3,(H,23,27). The molecule has 2 aromatic heterocycles. The number of amides is 1. The topological polar surface area (TPSA) is 68.9 Å². The number of carbonyl (C=O) groups excluding carboxylic acids is 1. The van der Waals surface area contributed by atoms with Crippen molar-refractivity contribution >= 4 is 27.7 Å². The molecule has 142 valence electrons. The Kier molecular flexibility index (Phi) is 4.43. The number of hydrogen-bond acceptors (Lipinski definition) is 3. The van der Waals surface area contributed by atoms with Crippen LogP contribution in [-0.2, 0) is 18.4 Å². The number of benzene rings is 2. The highest BCUT2D eigenvalue weighted by atomic mass is 19.1. The van der Waals surface area contributed by atoms with E-state index < -0.39 is 6.04 Å². The van der Waals surface area contributed by atoms with E-state index in [1.807, 2.05) is 24.3 Å². The second-order valence-corrected chi connectivity index (χ2v) is 6.75. The monoisotopic (exact) mass is 378 g/mol. The largest absolute Gasteiger partial charge is 0.350 e. The van der Waals surface area contributed by atoms with Crippen LogP contribution in [0.1, 0.15) is 18.5 Å². The Balaban J connectivity index is 1.75. The highest BCUT2D eigenvalue weighted by molar-refractivity contribution is 6.08. The molecular weight excluding hydrogens is 359 g/mol. The zero-order valence-electron chi connectivity index (χ0n) is 15.5. The van der Waals surface area contributed by atoms with E-state index in [1.54, 1.807) is 36.9 Å². The molecule has 2 heterocycles. The highest BCUT2D eigenvalue weighted by Gasteiger charge is 2.23. The van der Waals surface area contributed by atoms with Gasteiger partial charge in [0, 0.05) is 24.4 Å². The van der Waals surface area contributed by atoms with Gasteiger partial charge < -0.3 is 9.88 Å². The summed E-state index contributed by atoms with van der Waals surface area (Å²) in [5.41, 5.74) is 1.63. The molecule has 6 nitrogen and oxygen atoms in total. The van der Waals surface area contributed by atoms with Crippen molar-refractivity contribution in [1.82, 2.24) is 19.7 Å². The predicted molar refractivity (Wildman–Crippen MR) is 105 cm³/mol. The second kappa shape index (κ2) is 6.92. The number of halogens is 1. The number of fused-ring (bicyclic) bond motifs is 3. The van der Waals surface area contributed by atoms with Crippen LogP contribution >= 0.6 is 0 Å². The van der Waals surface area contributed by atoms with Crippen molar-refractivity contribution in [2.45, 2.75) is 19.5 Å². The van der Waals surface area contributed by atoms with Crippen LogP contribution in [0.4, 0.5) is 4.39 Å². The average Bonchev–Trinajstić information content (AvgIpc) is 3.03. The van der Waals surface area contributed by atoms with Gasteiger partial charge in [0.1, 0.15) is 17.4 Å². The van der Waals surface area contributed by atoms with Crippen LogP contribution in [-0.4, -0.2) is 20.3 Å². The molecule has 0 bridgehead atoms. The molecule has 0 saturated heterocycles. The first-order valence-electron chi connectivity index (χ1n) is 8.94. The molecule has 7 heteroatoms. The fourth-order valence-corrected chi connectivity index (χ4v) is 3.49. The molecule has 28 heavy (non-hydrogen) atoms. The lowest BCUT2D eigenvalue weighted by atomic mass is 10.2. The van der Waals surface area contributed by atoms with E-state index in [-0.39, 0.29) is 23.8 Å². The molecule has 1 unspecified atom stereocenters. The minimum Gasteiger partial charge on any atom is -0.350 e. The van der Waals surface area contributed by atoms with E-state index in [2.05, 4.69) is 10.4 Å². The third-order valence-electron chi connectivity index (χ3n) is 4.93. The Labute approximate surface area is 160 Å². The second-order valence-electron chi connectivity index (χ2n) is 6.75. The summed E-state index contributed by atoms with van der Waals surface area (Å²) in [6.45, 7) is 1.95.